The Kier molecular flexibility index (Phi) is 3.24. The van der Waals surface area contributed by atoms with Gasteiger partial charge in [0.15, 0.2) is 0 Å². The summed E-state index contributed by atoms with van der Waals surface area (Å²) in [6.07, 6.45) is 3.41. The summed E-state index contributed by atoms with van der Waals surface area (Å²) in [5, 5.41) is 0. The molecule has 2 aromatic rings. The summed E-state index contributed by atoms with van der Waals surface area (Å²) in [6, 6.07) is 5.23. The molecule has 0 fully saturated rings. The first-order valence-electron chi connectivity index (χ1n) is 5.63. The molecule has 0 radical (unpaired) electrons. The third-order valence-electron chi connectivity index (χ3n) is 2.98. The van der Waals surface area contributed by atoms with Gasteiger partial charge in [0.25, 0.3) is 0 Å². The average molecular weight is 233 g/mol. The zero-order valence-electron chi connectivity index (χ0n) is 10.0. The molecule has 0 saturated carbocycles. The largest absolute Gasteiger partial charge is 0.330 e. The minimum Gasteiger partial charge on any atom is -0.330 e. The number of hydrogen-bond donors (Lipinski definition) is 1. The summed E-state index contributed by atoms with van der Waals surface area (Å²) in [4.78, 5) is 4.08. The van der Waals surface area contributed by atoms with Crippen LogP contribution in [0, 0.1) is 12.7 Å². The molecule has 0 aliphatic rings. The minimum absolute atomic E-state index is 0.169. The van der Waals surface area contributed by atoms with Gasteiger partial charge in [-0.15, -0.1) is 0 Å². The maximum atomic E-state index is 14.0. The van der Waals surface area contributed by atoms with E-state index < -0.39 is 0 Å². The minimum atomic E-state index is -0.246. The Balaban J connectivity index is 2.42. The van der Waals surface area contributed by atoms with Gasteiger partial charge in [-0.2, -0.15) is 0 Å². The molecule has 1 atom stereocenters. The summed E-state index contributed by atoms with van der Waals surface area (Å²) in [6.45, 7) is 4.34. The SMILES string of the molecule is Cc1nccn1-c1ccc(C(C)CN)cc1F. The van der Waals surface area contributed by atoms with Crippen molar-refractivity contribution in [3.05, 3.63) is 47.8 Å². The Bertz CT molecular complexity index is 519. The molecule has 1 aromatic carbocycles. The molecule has 0 amide bonds. The molecular formula is C13H16FN3. The summed E-state index contributed by atoms with van der Waals surface area (Å²) >= 11 is 0. The van der Waals surface area contributed by atoms with Gasteiger partial charge in [-0.25, -0.2) is 9.37 Å². The molecule has 0 saturated heterocycles. The van der Waals surface area contributed by atoms with Crippen molar-refractivity contribution in [2.24, 2.45) is 5.73 Å². The highest BCUT2D eigenvalue weighted by Gasteiger charge is 2.10. The van der Waals surface area contributed by atoms with Gasteiger partial charge in [-0.1, -0.05) is 13.0 Å². The van der Waals surface area contributed by atoms with Crippen LogP contribution in [0.25, 0.3) is 5.69 Å². The Labute approximate surface area is 100 Å². The van der Waals surface area contributed by atoms with Crippen LogP contribution >= 0.6 is 0 Å². The maximum absolute atomic E-state index is 14.0. The van der Waals surface area contributed by atoms with E-state index in [0.717, 1.165) is 11.4 Å². The fraction of sp³-hybridized carbons (Fsp3) is 0.308. The Morgan fingerprint density at radius 2 is 2.24 bits per heavy atom. The number of aromatic nitrogens is 2. The van der Waals surface area contributed by atoms with Crippen molar-refractivity contribution in [2.75, 3.05) is 6.54 Å². The molecule has 1 unspecified atom stereocenters. The number of rotatable bonds is 3. The smallest absolute Gasteiger partial charge is 0.147 e. The van der Waals surface area contributed by atoms with Crippen molar-refractivity contribution < 1.29 is 4.39 Å². The van der Waals surface area contributed by atoms with Gasteiger partial charge in [-0.05, 0) is 37.1 Å². The van der Waals surface area contributed by atoms with Crippen molar-refractivity contribution in [3.8, 4) is 5.69 Å². The van der Waals surface area contributed by atoms with Crippen LogP contribution in [-0.2, 0) is 0 Å². The molecule has 0 spiro atoms. The standard InChI is InChI=1S/C13H16FN3/c1-9(8-15)11-3-4-13(12(14)7-11)17-6-5-16-10(17)2/h3-7,9H,8,15H2,1-2H3. The van der Waals surface area contributed by atoms with E-state index in [2.05, 4.69) is 4.98 Å². The molecule has 3 nitrogen and oxygen atoms in total. The number of nitrogens with zero attached hydrogens (tertiary/aromatic N) is 2. The first kappa shape index (κ1) is 11.8. The molecule has 0 aliphatic carbocycles. The Morgan fingerprint density at radius 3 is 2.76 bits per heavy atom. The maximum Gasteiger partial charge on any atom is 0.147 e. The molecule has 1 aromatic heterocycles. The van der Waals surface area contributed by atoms with Crippen molar-refractivity contribution in [1.29, 1.82) is 0 Å². The highest BCUT2D eigenvalue weighted by Crippen LogP contribution is 2.21. The number of benzene rings is 1. The lowest BCUT2D eigenvalue weighted by molar-refractivity contribution is 0.610. The van der Waals surface area contributed by atoms with E-state index in [1.807, 2.05) is 19.9 Å². The Hall–Kier alpha value is -1.68. The fourth-order valence-electron chi connectivity index (χ4n) is 1.79. The molecule has 2 N–H and O–H groups in total. The third-order valence-corrected chi connectivity index (χ3v) is 2.98. The third kappa shape index (κ3) is 2.22. The van der Waals surface area contributed by atoms with Crippen LogP contribution in [0.2, 0.25) is 0 Å². The number of halogens is 1. The molecule has 1 heterocycles. The predicted octanol–water partition coefficient (Wildman–Crippen LogP) is 2.38. The van der Waals surface area contributed by atoms with Gasteiger partial charge < -0.3 is 10.3 Å². The second-order valence-corrected chi connectivity index (χ2v) is 4.19. The van der Waals surface area contributed by atoms with Crippen LogP contribution in [0.3, 0.4) is 0 Å². The number of hydrogen-bond acceptors (Lipinski definition) is 2. The topological polar surface area (TPSA) is 43.8 Å². The first-order valence-corrected chi connectivity index (χ1v) is 5.63. The van der Waals surface area contributed by atoms with Crippen LogP contribution in [0.15, 0.2) is 30.6 Å². The summed E-state index contributed by atoms with van der Waals surface area (Å²) in [5.41, 5.74) is 7.02. The van der Waals surface area contributed by atoms with E-state index >= 15 is 0 Å². The number of aryl methyl sites for hydroxylation is 1. The number of nitrogens with two attached hydrogens (primary N) is 1. The van der Waals surface area contributed by atoms with Gasteiger partial charge in [-0.3, -0.25) is 0 Å². The second kappa shape index (κ2) is 4.67. The molecule has 90 valence electrons. The molecule has 0 bridgehead atoms. The molecular weight excluding hydrogens is 217 g/mol. The van der Waals surface area contributed by atoms with Gasteiger partial charge in [0.2, 0.25) is 0 Å². The van der Waals surface area contributed by atoms with E-state index in [1.165, 1.54) is 0 Å². The van der Waals surface area contributed by atoms with E-state index in [-0.39, 0.29) is 11.7 Å². The fourth-order valence-corrected chi connectivity index (χ4v) is 1.79. The van der Waals surface area contributed by atoms with Crippen molar-refractivity contribution >= 4 is 0 Å². The van der Waals surface area contributed by atoms with Crippen LogP contribution < -0.4 is 5.73 Å². The summed E-state index contributed by atoms with van der Waals surface area (Å²) in [7, 11) is 0. The van der Waals surface area contributed by atoms with Crippen LogP contribution in [0.4, 0.5) is 4.39 Å². The van der Waals surface area contributed by atoms with Crippen molar-refractivity contribution in [1.82, 2.24) is 9.55 Å². The van der Waals surface area contributed by atoms with Gasteiger partial charge in [0.1, 0.15) is 11.6 Å². The molecule has 17 heavy (non-hydrogen) atoms. The van der Waals surface area contributed by atoms with Crippen molar-refractivity contribution in [3.63, 3.8) is 0 Å². The van der Waals surface area contributed by atoms with E-state index in [4.69, 9.17) is 5.73 Å². The second-order valence-electron chi connectivity index (χ2n) is 4.19. The molecule has 4 heteroatoms. The average Bonchev–Trinajstić information content (AvgIpc) is 2.74. The van der Waals surface area contributed by atoms with E-state index in [9.17, 15) is 4.39 Å². The molecule has 2 rings (SSSR count). The lowest BCUT2D eigenvalue weighted by atomic mass is 10.0. The zero-order valence-corrected chi connectivity index (χ0v) is 10.0. The first-order chi connectivity index (χ1) is 8.13. The van der Waals surface area contributed by atoms with Gasteiger partial charge >= 0.3 is 0 Å². The zero-order chi connectivity index (χ0) is 12.4. The highest BCUT2D eigenvalue weighted by atomic mass is 19.1. The van der Waals surface area contributed by atoms with Gasteiger partial charge in [0, 0.05) is 12.4 Å². The predicted molar refractivity (Wildman–Crippen MR) is 65.7 cm³/mol. The van der Waals surface area contributed by atoms with Crippen LogP contribution in [0.1, 0.15) is 24.2 Å². The van der Waals surface area contributed by atoms with E-state index in [1.54, 1.807) is 29.1 Å². The quantitative estimate of drug-likeness (QED) is 0.884. The van der Waals surface area contributed by atoms with Gasteiger partial charge in [0.05, 0.1) is 5.69 Å². The van der Waals surface area contributed by atoms with Crippen molar-refractivity contribution in [2.45, 2.75) is 19.8 Å². The highest BCUT2D eigenvalue weighted by molar-refractivity contribution is 5.38. The Morgan fingerprint density at radius 1 is 1.47 bits per heavy atom. The van der Waals surface area contributed by atoms with E-state index in [0.29, 0.717) is 12.2 Å². The lowest BCUT2D eigenvalue weighted by Crippen LogP contribution is -2.09. The van der Waals surface area contributed by atoms with Crippen LogP contribution in [-0.4, -0.2) is 16.1 Å². The van der Waals surface area contributed by atoms with Crippen LogP contribution in [0.5, 0.6) is 0 Å². The number of imidazole rings is 1. The summed E-state index contributed by atoms with van der Waals surface area (Å²) < 4.78 is 15.7. The monoisotopic (exact) mass is 233 g/mol. The molecule has 0 aliphatic heterocycles. The summed E-state index contributed by atoms with van der Waals surface area (Å²) in [5.74, 6) is 0.690. The normalized spacial score (nSPS) is 12.7. The lowest BCUT2D eigenvalue weighted by Gasteiger charge is -2.12.